The Bertz CT molecular complexity index is 351. The molecule has 0 spiro atoms. The number of rotatable bonds is 3. The summed E-state index contributed by atoms with van der Waals surface area (Å²) >= 11 is 0. The van der Waals surface area contributed by atoms with Crippen LogP contribution in [0.25, 0.3) is 0 Å². The first-order valence-corrected chi connectivity index (χ1v) is 6.93. The monoisotopic (exact) mass is 250 g/mol. The highest BCUT2D eigenvalue weighted by atomic mass is 15.1. The molecule has 0 saturated carbocycles. The van der Waals surface area contributed by atoms with Gasteiger partial charge in [-0.15, -0.1) is 0 Å². The number of anilines is 2. The molecule has 0 unspecified atom stereocenters. The van der Waals surface area contributed by atoms with Gasteiger partial charge in [-0.25, -0.2) is 0 Å². The summed E-state index contributed by atoms with van der Waals surface area (Å²) in [6.45, 7) is 14.0. The van der Waals surface area contributed by atoms with Crippen LogP contribution in [0.1, 0.15) is 47.1 Å². The van der Waals surface area contributed by atoms with Crippen LogP contribution in [0.4, 0.5) is 11.4 Å². The van der Waals surface area contributed by atoms with E-state index in [2.05, 4.69) is 51.8 Å². The molecule has 2 heteroatoms. The second-order valence-electron chi connectivity index (χ2n) is 5.66. The van der Waals surface area contributed by atoms with Gasteiger partial charge in [0.2, 0.25) is 0 Å². The minimum atomic E-state index is 0.307. The fourth-order valence-electron chi connectivity index (χ4n) is 2.06. The van der Waals surface area contributed by atoms with Crippen molar-refractivity contribution in [1.29, 1.82) is 0 Å². The van der Waals surface area contributed by atoms with Crippen molar-refractivity contribution in [2.75, 3.05) is 24.2 Å². The molecule has 0 aliphatic heterocycles. The zero-order chi connectivity index (χ0) is 14.3. The Morgan fingerprint density at radius 1 is 1.17 bits per heavy atom. The topological polar surface area (TPSA) is 29.3 Å². The summed E-state index contributed by atoms with van der Waals surface area (Å²) in [4.78, 5) is 2.32. The Hall–Kier alpha value is -1.18. The summed E-state index contributed by atoms with van der Waals surface area (Å²) in [7, 11) is 2.15. The van der Waals surface area contributed by atoms with Gasteiger partial charge >= 0.3 is 0 Å². The summed E-state index contributed by atoms with van der Waals surface area (Å²) in [5, 5.41) is 0. The van der Waals surface area contributed by atoms with E-state index in [9.17, 15) is 0 Å². The number of nitrogens with zero attached hydrogens (tertiary/aromatic N) is 1. The van der Waals surface area contributed by atoms with E-state index in [0.717, 1.165) is 18.7 Å². The fourth-order valence-corrected chi connectivity index (χ4v) is 2.06. The predicted octanol–water partition coefficient (Wildman–Crippen LogP) is 4.34. The molecule has 104 valence electrons. The van der Waals surface area contributed by atoms with Gasteiger partial charge in [-0.05, 0) is 35.6 Å². The Kier molecular flexibility index (Phi) is 6.82. The lowest BCUT2D eigenvalue weighted by Crippen LogP contribution is -2.29. The standard InChI is InChI=1S/C14H24N2.C2H6/c1-6-11-9-12(15)7-8-13(11)16(5)10-14(2,3)4;1-2/h7-9H,6,10,15H2,1-5H3;1-2H3. The predicted molar refractivity (Wildman–Crippen MR) is 84.3 cm³/mol. The van der Waals surface area contributed by atoms with Gasteiger partial charge in [0, 0.05) is 25.0 Å². The summed E-state index contributed by atoms with van der Waals surface area (Å²) in [6, 6.07) is 6.18. The Balaban J connectivity index is 0.00000137. The van der Waals surface area contributed by atoms with Crippen LogP contribution in [0.2, 0.25) is 0 Å². The third-order valence-corrected chi connectivity index (χ3v) is 2.61. The second kappa shape index (κ2) is 7.30. The van der Waals surface area contributed by atoms with E-state index in [1.54, 1.807) is 0 Å². The molecule has 0 amide bonds. The van der Waals surface area contributed by atoms with Crippen LogP contribution in [0.5, 0.6) is 0 Å². The summed E-state index contributed by atoms with van der Waals surface area (Å²) in [5.74, 6) is 0. The van der Waals surface area contributed by atoms with Crippen molar-refractivity contribution in [3.63, 3.8) is 0 Å². The molecule has 0 saturated heterocycles. The third-order valence-electron chi connectivity index (χ3n) is 2.61. The van der Waals surface area contributed by atoms with Crippen molar-refractivity contribution < 1.29 is 0 Å². The lowest BCUT2D eigenvalue weighted by molar-refractivity contribution is 0.418. The molecule has 1 aromatic rings. The van der Waals surface area contributed by atoms with Crippen LogP contribution in [0, 0.1) is 5.41 Å². The van der Waals surface area contributed by atoms with Gasteiger partial charge in [0.25, 0.3) is 0 Å². The molecular weight excluding hydrogens is 220 g/mol. The molecule has 1 aromatic carbocycles. The number of nitrogen functional groups attached to an aromatic ring is 1. The first-order chi connectivity index (χ1) is 8.33. The quantitative estimate of drug-likeness (QED) is 0.809. The van der Waals surface area contributed by atoms with Crippen LogP contribution >= 0.6 is 0 Å². The van der Waals surface area contributed by atoms with E-state index in [0.29, 0.717) is 5.41 Å². The van der Waals surface area contributed by atoms with Crippen molar-refractivity contribution in [3.8, 4) is 0 Å². The van der Waals surface area contributed by atoms with E-state index in [-0.39, 0.29) is 0 Å². The highest BCUT2D eigenvalue weighted by molar-refractivity contribution is 5.59. The van der Waals surface area contributed by atoms with Crippen LogP contribution in [-0.4, -0.2) is 13.6 Å². The molecule has 2 nitrogen and oxygen atoms in total. The Morgan fingerprint density at radius 2 is 1.72 bits per heavy atom. The van der Waals surface area contributed by atoms with E-state index in [1.165, 1.54) is 11.3 Å². The zero-order valence-corrected chi connectivity index (χ0v) is 13.2. The lowest BCUT2D eigenvalue weighted by atomic mass is 9.95. The van der Waals surface area contributed by atoms with Crippen LogP contribution in [0.15, 0.2) is 18.2 Å². The van der Waals surface area contributed by atoms with E-state index in [4.69, 9.17) is 5.73 Å². The van der Waals surface area contributed by atoms with Gasteiger partial charge in [-0.1, -0.05) is 41.5 Å². The maximum Gasteiger partial charge on any atom is 0.0397 e. The molecule has 18 heavy (non-hydrogen) atoms. The fraction of sp³-hybridized carbons (Fsp3) is 0.625. The SMILES string of the molecule is CC.CCc1cc(N)ccc1N(C)CC(C)(C)C. The minimum Gasteiger partial charge on any atom is -0.399 e. The van der Waals surface area contributed by atoms with Crippen molar-refractivity contribution >= 4 is 11.4 Å². The number of hydrogen-bond donors (Lipinski definition) is 1. The van der Waals surface area contributed by atoms with E-state index < -0.39 is 0 Å². The first-order valence-electron chi connectivity index (χ1n) is 6.93. The van der Waals surface area contributed by atoms with Gasteiger partial charge in [-0.3, -0.25) is 0 Å². The number of hydrogen-bond acceptors (Lipinski definition) is 2. The van der Waals surface area contributed by atoms with Crippen molar-refractivity contribution in [3.05, 3.63) is 23.8 Å². The molecule has 0 heterocycles. The molecule has 0 aromatic heterocycles. The van der Waals surface area contributed by atoms with Gasteiger partial charge in [0.1, 0.15) is 0 Å². The highest BCUT2D eigenvalue weighted by Gasteiger charge is 2.15. The highest BCUT2D eigenvalue weighted by Crippen LogP contribution is 2.25. The molecule has 1 rings (SSSR count). The zero-order valence-electron chi connectivity index (χ0n) is 13.2. The maximum atomic E-state index is 5.81. The normalized spacial score (nSPS) is 10.6. The summed E-state index contributed by atoms with van der Waals surface area (Å²) in [5.41, 5.74) is 9.59. The van der Waals surface area contributed by atoms with E-state index in [1.807, 2.05) is 19.9 Å². The molecule has 0 atom stereocenters. The van der Waals surface area contributed by atoms with Crippen LogP contribution < -0.4 is 10.6 Å². The average molecular weight is 250 g/mol. The largest absolute Gasteiger partial charge is 0.399 e. The van der Waals surface area contributed by atoms with Gasteiger partial charge < -0.3 is 10.6 Å². The van der Waals surface area contributed by atoms with Crippen LogP contribution in [-0.2, 0) is 6.42 Å². The number of aryl methyl sites for hydroxylation is 1. The van der Waals surface area contributed by atoms with E-state index >= 15 is 0 Å². The average Bonchev–Trinajstić information content (AvgIpc) is 2.29. The van der Waals surface area contributed by atoms with Gasteiger partial charge in [0.05, 0.1) is 0 Å². The Labute approximate surface area is 113 Å². The third kappa shape index (κ3) is 5.44. The van der Waals surface area contributed by atoms with Crippen LogP contribution in [0.3, 0.4) is 0 Å². The molecule has 0 radical (unpaired) electrons. The summed E-state index contributed by atoms with van der Waals surface area (Å²) in [6.07, 6.45) is 1.02. The Morgan fingerprint density at radius 3 is 2.17 bits per heavy atom. The smallest absolute Gasteiger partial charge is 0.0397 e. The molecule has 2 N–H and O–H groups in total. The molecule has 0 aliphatic rings. The van der Waals surface area contributed by atoms with Crippen molar-refractivity contribution in [2.24, 2.45) is 5.41 Å². The maximum absolute atomic E-state index is 5.81. The lowest BCUT2D eigenvalue weighted by Gasteiger charge is -2.29. The van der Waals surface area contributed by atoms with Crippen molar-refractivity contribution in [1.82, 2.24) is 0 Å². The molecule has 0 fully saturated rings. The summed E-state index contributed by atoms with van der Waals surface area (Å²) < 4.78 is 0. The molecule has 0 aliphatic carbocycles. The minimum absolute atomic E-state index is 0.307. The molecule has 0 bridgehead atoms. The number of nitrogens with two attached hydrogens (primary N) is 1. The van der Waals surface area contributed by atoms with Gasteiger partial charge in [-0.2, -0.15) is 0 Å². The number of benzene rings is 1. The molecular formula is C16H30N2. The van der Waals surface area contributed by atoms with Gasteiger partial charge in [0.15, 0.2) is 0 Å². The van der Waals surface area contributed by atoms with Crippen molar-refractivity contribution in [2.45, 2.75) is 48.0 Å². The first kappa shape index (κ1) is 16.8. The second-order valence-corrected chi connectivity index (χ2v) is 5.66.